The first-order valence-electron chi connectivity index (χ1n) is 9.44. The van der Waals surface area contributed by atoms with Crippen molar-refractivity contribution < 1.29 is 0 Å². The monoisotopic (exact) mass is 338 g/mol. The zero-order valence-electron chi connectivity index (χ0n) is 14.8. The summed E-state index contributed by atoms with van der Waals surface area (Å²) in [6, 6.07) is 25.4. The molecular formula is C24H22N2. The van der Waals surface area contributed by atoms with Gasteiger partial charge in [-0.05, 0) is 49.4 Å². The number of benzene rings is 3. The maximum atomic E-state index is 3.52. The number of aromatic nitrogens is 2. The van der Waals surface area contributed by atoms with Gasteiger partial charge in [0.05, 0.1) is 0 Å². The lowest BCUT2D eigenvalue weighted by Crippen LogP contribution is -1.99. The number of rotatable bonds is 0. The van der Waals surface area contributed by atoms with Crippen molar-refractivity contribution in [1.29, 1.82) is 0 Å². The van der Waals surface area contributed by atoms with Crippen LogP contribution in [-0.2, 0) is 12.8 Å². The van der Waals surface area contributed by atoms with E-state index >= 15 is 0 Å². The molecule has 1 aliphatic rings. The number of fused-ring (bicyclic) bond motifs is 6. The third kappa shape index (κ3) is 2.59. The highest BCUT2D eigenvalue weighted by molar-refractivity contribution is 6.06. The van der Waals surface area contributed by atoms with Crippen LogP contribution in [0.15, 0.2) is 72.8 Å². The molecule has 0 bridgehead atoms. The van der Waals surface area contributed by atoms with Gasteiger partial charge in [0.2, 0.25) is 0 Å². The highest BCUT2D eigenvalue weighted by Crippen LogP contribution is 2.28. The van der Waals surface area contributed by atoms with Gasteiger partial charge in [-0.2, -0.15) is 0 Å². The molecule has 0 unspecified atom stereocenters. The van der Waals surface area contributed by atoms with Crippen LogP contribution >= 0.6 is 0 Å². The van der Waals surface area contributed by atoms with Gasteiger partial charge in [0.25, 0.3) is 0 Å². The Balaban J connectivity index is 0.000000115. The summed E-state index contributed by atoms with van der Waals surface area (Å²) in [4.78, 5) is 6.89. The van der Waals surface area contributed by atoms with Crippen LogP contribution in [0.3, 0.4) is 0 Å². The highest BCUT2D eigenvalue weighted by atomic mass is 14.7. The van der Waals surface area contributed by atoms with E-state index in [9.17, 15) is 0 Å². The average molecular weight is 338 g/mol. The summed E-state index contributed by atoms with van der Waals surface area (Å²) in [6.07, 6.45) is 5.21. The molecular weight excluding hydrogens is 316 g/mol. The first-order chi connectivity index (χ1) is 12.9. The molecule has 3 aromatic carbocycles. The lowest BCUT2D eigenvalue weighted by atomic mass is 9.96. The smallest absolute Gasteiger partial charge is 0.0464 e. The summed E-state index contributed by atoms with van der Waals surface area (Å²) in [5, 5.41) is 4.05. The second kappa shape index (κ2) is 6.38. The SMILES string of the molecule is c1ccc2c(c1)[nH]c1ccccc12.c1ccc2c3c([nH]c2c1)CCCC3. The van der Waals surface area contributed by atoms with Crippen molar-refractivity contribution in [2.45, 2.75) is 25.7 Å². The van der Waals surface area contributed by atoms with Crippen LogP contribution < -0.4 is 0 Å². The van der Waals surface area contributed by atoms with E-state index in [0.717, 1.165) is 0 Å². The average Bonchev–Trinajstić information content (AvgIpc) is 3.27. The van der Waals surface area contributed by atoms with Crippen molar-refractivity contribution >= 4 is 32.7 Å². The number of para-hydroxylation sites is 3. The minimum atomic E-state index is 1.21. The van der Waals surface area contributed by atoms with Gasteiger partial charge in [-0.3, -0.25) is 0 Å². The van der Waals surface area contributed by atoms with Crippen molar-refractivity contribution in [3.05, 3.63) is 84.1 Å². The molecule has 2 N–H and O–H groups in total. The minimum Gasteiger partial charge on any atom is -0.358 e. The van der Waals surface area contributed by atoms with Crippen molar-refractivity contribution in [3.63, 3.8) is 0 Å². The zero-order valence-corrected chi connectivity index (χ0v) is 14.8. The van der Waals surface area contributed by atoms with Gasteiger partial charge in [0.1, 0.15) is 0 Å². The molecule has 2 nitrogen and oxygen atoms in total. The van der Waals surface area contributed by atoms with Gasteiger partial charge in [-0.15, -0.1) is 0 Å². The number of aryl methyl sites for hydroxylation is 2. The summed E-state index contributed by atoms with van der Waals surface area (Å²) in [6.45, 7) is 0. The van der Waals surface area contributed by atoms with E-state index in [1.807, 2.05) is 0 Å². The van der Waals surface area contributed by atoms with Gasteiger partial charge in [-0.25, -0.2) is 0 Å². The van der Waals surface area contributed by atoms with Crippen LogP contribution in [0, 0.1) is 0 Å². The molecule has 0 amide bonds. The van der Waals surface area contributed by atoms with Crippen LogP contribution in [0.5, 0.6) is 0 Å². The van der Waals surface area contributed by atoms with E-state index in [0.29, 0.717) is 0 Å². The second-order valence-corrected chi connectivity index (χ2v) is 7.05. The van der Waals surface area contributed by atoms with Gasteiger partial charge in [-0.1, -0.05) is 54.6 Å². The Morgan fingerprint density at radius 2 is 1.00 bits per heavy atom. The van der Waals surface area contributed by atoms with E-state index < -0.39 is 0 Å². The Bertz CT molecular complexity index is 1140. The fraction of sp³-hybridized carbons (Fsp3) is 0.167. The standard InChI is InChI=1S/C12H13N.C12H9N/c2*1-3-7-11-9(5-1)10-6-2-4-8-12(10)13-11/h1,3,5,7,13H,2,4,6,8H2;1-8,13H. The molecule has 2 heteroatoms. The Kier molecular flexibility index (Phi) is 3.75. The Morgan fingerprint density at radius 1 is 0.500 bits per heavy atom. The van der Waals surface area contributed by atoms with Crippen molar-refractivity contribution in [2.75, 3.05) is 0 Å². The number of hydrogen-bond donors (Lipinski definition) is 2. The van der Waals surface area contributed by atoms with Crippen molar-refractivity contribution in [1.82, 2.24) is 9.97 Å². The number of H-pyrrole nitrogens is 2. The summed E-state index contributed by atoms with van der Waals surface area (Å²) in [5.41, 5.74) is 6.79. The molecule has 6 rings (SSSR count). The first kappa shape index (κ1) is 15.3. The molecule has 26 heavy (non-hydrogen) atoms. The van der Waals surface area contributed by atoms with Crippen molar-refractivity contribution in [3.8, 4) is 0 Å². The third-order valence-corrected chi connectivity index (χ3v) is 5.42. The largest absolute Gasteiger partial charge is 0.358 e. The Hall–Kier alpha value is -3.00. The van der Waals surface area contributed by atoms with Crippen LogP contribution in [0.4, 0.5) is 0 Å². The Labute approximate surface area is 152 Å². The Morgan fingerprint density at radius 3 is 1.65 bits per heavy atom. The van der Waals surface area contributed by atoms with Gasteiger partial charge in [0, 0.05) is 38.4 Å². The second-order valence-electron chi connectivity index (χ2n) is 7.05. The lowest BCUT2D eigenvalue weighted by Gasteiger charge is -2.10. The fourth-order valence-electron chi connectivity index (χ4n) is 4.16. The summed E-state index contributed by atoms with van der Waals surface area (Å²) >= 11 is 0. The first-order valence-corrected chi connectivity index (χ1v) is 9.44. The predicted octanol–water partition coefficient (Wildman–Crippen LogP) is 6.37. The predicted molar refractivity (Wildman–Crippen MR) is 111 cm³/mol. The van der Waals surface area contributed by atoms with Crippen molar-refractivity contribution in [2.24, 2.45) is 0 Å². The third-order valence-electron chi connectivity index (χ3n) is 5.42. The molecule has 0 saturated carbocycles. The van der Waals surface area contributed by atoms with E-state index in [1.54, 1.807) is 5.56 Å². The summed E-state index contributed by atoms with van der Waals surface area (Å²) < 4.78 is 0. The molecule has 1 aliphatic carbocycles. The van der Waals surface area contributed by atoms with Crippen LogP contribution in [0.25, 0.3) is 32.7 Å². The molecule has 5 aromatic rings. The number of hydrogen-bond acceptors (Lipinski definition) is 0. The van der Waals surface area contributed by atoms with Crippen LogP contribution in [-0.4, -0.2) is 9.97 Å². The maximum absolute atomic E-state index is 3.52. The van der Waals surface area contributed by atoms with Gasteiger partial charge in [0.15, 0.2) is 0 Å². The molecule has 0 spiro atoms. The molecule has 2 aromatic heterocycles. The quantitative estimate of drug-likeness (QED) is 0.329. The highest BCUT2D eigenvalue weighted by Gasteiger charge is 2.13. The normalized spacial score (nSPS) is 13.5. The van der Waals surface area contributed by atoms with Gasteiger partial charge < -0.3 is 9.97 Å². The summed E-state index contributed by atoms with van der Waals surface area (Å²) in [7, 11) is 0. The number of nitrogens with one attached hydrogen (secondary N) is 2. The number of aromatic amines is 2. The van der Waals surface area contributed by atoms with E-state index in [2.05, 4.69) is 82.8 Å². The molecule has 0 fully saturated rings. The molecule has 0 atom stereocenters. The molecule has 128 valence electrons. The zero-order chi connectivity index (χ0) is 17.3. The maximum Gasteiger partial charge on any atom is 0.0464 e. The van der Waals surface area contributed by atoms with Crippen LogP contribution in [0.2, 0.25) is 0 Å². The fourth-order valence-corrected chi connectivity index (χ4v) is 4.16. The molecule has 2 heterocycles. The molecule has 0 saturated heterocycles. The van der Waals surface area contributed by atoms with Gasteiger partial charge >= 0.3 is 0 Å². The van der Waals surface area contributed by atoms with Crippen LogP contribution in [0.1, 0.15) is 24.1 Å². The molecule has 0 radical (unpaired) electrons. The molecule has 0 aliphatic heterocycles. The van der Waals surface area contributed by atoms with E-state index in [4.69, 9.17) is 0 Å². The topological polar surface area (TPSA) is 31.6 Å². The van der Waals surface area contributed by atoms with E-state index in [1.165, 1.54) is 64.1 Å². The summed E-state index contributed by atoms with van der Waals surface area (Å²) in [5.74, 6) is 0. The lowest BCUT2D eigenvalue weighted by molar-refractivity contribution is 0.680. The van der Waals surface area contributed by atoms with E-state index in [-0.39, 0.29) is 0 Å². The minimum absolute atomic E-state index is 1.21.